The molecule has 5 saturated heterocycles. The van der Waals surface area contributed by atoms with Crippen LogP contribution >= 0.6 is 0 Å². The van der Waals surface area contributed by atoms with E-state index in [0.717, 1.165) is 134 Å². The third kappa shape index (κ3) is 32.9. The summed E-state index contributed by atoms with van der Waals surface area (Å²) in [5.41, 5.74) is 8.61. The van der Waals surface area contributed by atoms with Gasteiger partial charge in [-0.1, -0.05) is 110 Å². The Balaban J connectivity index is 0.000000191. The standard InChI is InChI=1S/C21H27N3O.C20H29N3O4.C19H22FN3O.C18H24F3N3O2.C17H27N3O/c1-16-8-9-20(14-17(16)2)23-21(25)22-19-10-12-24(13-11-19)15-18-6-4-3-5-7-18;1-5-27-19(25)17-8-6-7-9-18(17)21-20(26)23(14(2)3)16-10-12-22(13-11-16)15(4)24;20-16-7-4-8-18(13-16)22-19(24)21-17-9-11-23(12-10-17)14-15-5-2-1-3-6-15;1-12(2)24(16-7-9-23(10-8-16)13(3)25)17(26)22-15-6-4-5-14(11-15)18(19,20)21;1-4-14-5-7-15(8-6-14)18-17(21)19-16-9-11-20(12-10-16)13(2)3/h3-9,14,19H,10-13,15H2,1-2H3,(H2,22,23,25);6-9,14,16H,5,10-13H2,1-4H3,(H,21,26);1-8,13,17H,9-12,14H2,(H2,21,22,24);4-6,11-12,16H,7-10H2,1-3H3,(H,22,26);5-8,13,16H,4,9-12H2,1-3H3,(H2,18,19,21). The Bertz CT molecular complexity index is 4470. The highest BCUT2D eigenvalue weighted by Gasteiger charge is 2.35. The lowest BCUT2D eigenvalue weighted by Crippen LogP contribution is -2.52. The molecule has 8 N–H and O–H groups in total. The first-order chi connectivity index (χ1) is 58.8. The summed E-state index contributed by atoms with van der Waals surface area (Å²) in [6.45, 7) is 33.9. The van der Waals surface area contributed by atoms with E-state index in [9.17, 15) is 55.9 Å². The second-order valence-corrected chi connectivity index (χ2v) is 32.8. The number of ether oxygens (including phenoxy) is 1. The molecule has 5 aliphatic heterocycles. The molecule has 666 valence electrons. The molecule has 123 heavy (non-hydrogen) atoms. The van der Waals surface area contributed by atoms with Gasteiger partial charge in [0.1, 0.15) is 5.82 Å². The number of amides is 12. The lowest BCUT2D eigenvalue weighted by atomic mass is 10.0. The summed E-state index contributed by atoms with van der Waals surface area (Å²) in [7, 11) is 0. The predicted molar refractivity (Wildman–Crippen MR) is 480 cm³/mol. The molecule has 12 rings (SSSR count). The fourth-order valence-electron chi connectivity index (χ4n) is 15.7. The number of nitrogens with one attached hydrogen (secondary N) is 8. The average molecular weight is 1700 g/mol. The number of rotatable bonds is 20. The van der Waals surface area contributed by atoms with E-state index in [4.69, 9.17) is 4.74 Å². The van der Waals surface area contributed by atoms with Gasteiger partial charge in [0.2, 0.25) is 11.8 Å². The van der Waals surface area contributed by atoms with E-state index in [2.05, 4.69) is 153 Å². The van der Waals surface area contributed by atoms with Crippen LogP contribution in [0.3, 0.4) is 0 Å². The van der Waals surface area contributed by atoms with Crippen molar-refractivity contribution in [2.24, 2.45) is 0 Å². The number of urea groups is 5. The van der Waals surface area contributed by atoms with Gasteiger partial charge in [0.05, 0.1) is 23.4 Å². The van der Waals surface area contributed by atoms with Crippen LogP contribution < -0.4 is 42.5 Å². The minimum Gasteiger partial charge on any atom is -0.462 e. The van der Waals surface area contributed by atoms with Crippen LogP contribution in [0.5, 0.6) is 0 Å². The number of piperidine rings is 5. The molecule has 0 bridgehead atoms. The first-order valence-electron chi connectivity index (χ1n) is 43.4. The third-order valence-corrected chi connectivity index (χ3v) is 22.7. The van der Waals surface area contributed by atoms with Gasteiger partial charge in [0.15, 0.2) is 0 Å². The predicted octanol–water partition coefficient (Wildman–Crippen LogP) is 18.0. The number of likely N-dealkylation sites (tertiary alicyclic amines) is 5. The first kappa shape index (κ1) is 97.3. The Morgan fingerprint density at radius 1 is 0.431 bits per heavy atom. The van der Waals surface area contributed by atoms with Crippen molar-refractivity contribution in [3.8, 4) is 0 Å². The summed E-state index contributed by atoms with van der Waals surface area (Å²) >= 11 is 0. The molecular weight excluding hydrogens is 1570 g/mol. The van der Waals surface area contributed by atoms with E-state index in [-0.39, 0.29) is 96.3 Å². The molecule has 12 amide bonds. The minimum atomic E-state index is -4.46. The highest BCUT2D eigenvalue weighted by atomic mass is 19.4. The van der Waals surface area contributed by atoms with Crippen LogP contribution in [0.2, 0.25) is 0 Å². The van der Waals surface area contributed by atoms with Gasteiger partial charge in [0, 0.05) is 163 Å². The zero-order chi connectivity index (χ0) is 89.1. The molecular formula is C95H129F4N15O9. The monoisotopic (exact) mass is 1700 g/mol. The Labute approximate surface area is 724 Å². The van der Waals surface area contributed by atoms with Crippen LogP contribution in [0.4, 0.5) is 70.0 Å². The van der Waals surface area contributed by atoms with E-state index in [1.54, 1.807) is 64.9 Å². The SMILES string of the molecule is CC(=O)N1CCC(N(C(=O)Nc2cccc(C(F)(F)F)c2)C(C)C)CC1.CCOC(=O)c1ccccc1NC(=O)N(C(C)C)C1CCN(C(C)=O)CC1.CCc1ccc(NC(=O)NC2CCN(C(C)C)CC2)cc1.Cc1ccc(NC(=O)NC2CCN(Cc3ccccc3)CC2)cc1C.O=C(Nc1cccc(F)c1)NC1CCN(Cc2ccccc2)CC1. The van der Waals surface area contributed by atoms with Gasteiger partial charge in [-0.3, -0.25) is 19.4 Å². The number of carbonyl (C=O) groups is 8. The van der Waals surface area contributed by atoms with Gasteiger partial charge in [-0.15, -0.1) is 0 Å². The van der Waals surface area contributed by atoms with E-state index >= 15 is 0 Å². The van der Waals surface area contributed by atoms with Gasteiger partial charge >= 0.3 is 42.3 Å². The van der Waals surface area contributed by atoms with Crippen molar-refractivity contribution >= 4 is 76.4 Å². The summed E-state index contributed by atoms with van der Waals surface area (Å²) in [4.78, 5) is 111. The fourth-order valence-corrected chi connectivity index (χ4v) is 15.7. The van der Waals surface area contributed by atoms with Crippen molar-refractivity contribution in [2.45, 2.75) is 221 Å². The van der Waals surface area contributed by atoms with Crippen molar-refractivity contribution in [3.05, 3.63) is 221 Å². The average Bonchev–Trinajstić information content (AvgIpc) is 0.823. The largest absolute Gasteiger partial charge is 0.462 e. The molecule has 5 aliphatic rings. The van der Waals surface area contributed by atoms with Gasteiger partial charge in [-0.25, -0.2) is 33.2 Å². The molecule has 0 radical (unpaired) electrons. The number of hydrogen-bond donors (Lipinski definition) is 8. The van der Waals surface area contributed by atoms with Gasteiger partial charge in [0.25, 0.3) is 0 Å². The quantitative estimate of drug-likeness (QED) is 0.0262. The fraction of sp³-hybridized carbons (Fsp3) is 0.474. The maximum atomic E-state index is 13.1. The number of carbonyl (C=O) groups excluding carboxylic acids is 8. The minimum absolute atomic E-state index is 0.00589. The maximum absolute atomic E-state index is 13.1. The zero-order valence-corrected chi connectivity index (χ0v) is 73.6. The van der Waals surface area contributed by atoms with Crippen LogP contribution in [0.1, 0.15) is 177 Å². The number of hydrogen-bond acceptors (Lipinski definition) is 12. The number of anilines is 5. The summed E-state index contributed by atoms with van der Waals surface area (Å²) < 4.78 is 56.7. The molecule has 0 saturated carbocycles. The van der Waals surface area contributed by atoms with Crippen molar-refractivity contribution in [3.63, 3.8) is 0 Å². The van der Waals surface area contributed by atoms with Crippen LogP contribution in [-0.2, 0) is 40.0 Å². The van der Waals surface area contributed by atoms with Crippen LogP contribution in [-0.4, -0.2) is 203 Å². The Kier molecular flexibility index (Phi) is 39.0. The zero-order valence-electron chi connectivity index (χ0n) is 73.6. The molecule has 7 aromatic carbocycles. The first-order valence-corrected chi connectivity index (χ1v) is 43.4. The van der Waals surface area contributed by atoms with Crippen LogP contribution in [0.15, 0.2) is 176 Å². The van der Waals surface area contributed by atoms with Crippen molar-refractivity contribution in [2.75, 3.05) is 98.6 Å². The molecule has 0 aromatic heterocycles. The number of benzene rings is 7. The van der Waals surface area contributed by atoms with E-state index in [1.807, 2.05) is 75.1 Å². The third-order valence-electron chi connectivity index (χ3n) is 22.7. The van der Waals surface area contributed by atoms with Crippen LogP contribution in [0, 0.1) is 19.7 Å². The Hall–Kier alpha value is -11.1. The summed E-state index contributed by atoms with van der Waals surface area (Å²) in [5.74, 6) is -0.744. The number of alkyl halides is 3. The molecule has 5 fully saturated rings. The Morgan fingerprint density at radius 3 is 1.27 bits per heavy atom. The second-order valence-electron chi connectivity index (χ2n) is 32.8. The molecule has 0 atom stereocenters. The number of aryl methyl sites for hydroxylation is 3. The highest BCUT2D eigenvalue weighted by Crippen LogP contribution is 2.32. The van der Waals surface area contributed by atoms with Gasteiger partial charge in [-0.05, 0) is 234 Å². The number of esters is 1. The normalized spacial score (nSPS) is 15.8. The topological polar surface area (TPSA) is 265 Å². The molecule has 5 heterocycles. The summed E-state index contributed by atoms with van der Waals surface area (Å²) in [5, 5.41) is 23.1. The highest BCUT2D eigenvalue weighted by molar-refractivity contribution is 6.01. The summed E-state index contributed by atoms with van der Waals surface area (Å²) in [6.07, 6.45) is 5.21. The van der Waals surface area contributed by atoms with E-state index in [0.29, 0.717) is 62.0 Å². The molecule has 0 unspecified atom stereocenters. The van der Waals surface area contributed by atoms with Crippen molar-refractivity contribution < 1.29 is 60.7 Å². The number of halogens is 4. The number of nitrogens with zero attached hydrogens (tertiary/aromatic N) is 7. The Morgan fingerprint density at radius 2 is 0.846 bits per heavy atom. The molecule has 0 aliphatic carbocycles. The molecule has 0 spiro atoms. The van der Waals surface area contributed by atoms with Crippen LogP contribution in [0.25, 0.3) is 0 Å². The van der Waals surface area contributed by atoms with E-state index < -0.39 is 23.7 Å². The van der Waals surface area contributed by atoms with Gasteiger partial charge < -0.3 is 71.8 Å². The molecule has 7 aromatic rings. The summed E-state index contributed by atoms with van der Waals surface area (Å²) in [6, 6.07) is 52.3. The smallest absolute Gasteiger partial charge is 0.416 e. The van der Waals surface area contributed by atoms with Crippen molar-refractivity contribution in [1.82, 2.24) is 50.2 Å². The lowest BCUT2D eigenvalue weighted by Gasteiger charge is -2.40. The van der Waals surface area contributed by atoms with E-state index in [1.165, 1.54) is 59.0 Å². The molecule has 24 nitrogen and oxygen atoms in total. The van der Waals surface area contributed by atoms with Crippen molar-refractivity contribution in [1.29, 1.82) is 0 Å². The molecule has 28 heteroatoms. The maximum Gasteiger partial charge on any atom is 0.416 e. The lowest BCUT2D eigenvalue weighted by molar-refractivity contribution is -0.137. The second kappa shape index (κ2) is 49.3. The number of para-hydroxylation sites is 1. The van der Waals surface area contributed by atoms with Gasteiger partial charge in [-0.2, -0.15) is 13.2 Å².